The first-order valence-electron chi connectivity index (χ1n) is 7.77. The topological polar surface area (TPSA) is 129 Å². The summed E-state index contributed by atoms with van der Waals surface area (Å²) in [4.78, 5) is 0. The van der Waals surface area contributed by atoms with E-state index in [9.17, 15) is 16.8 Å². The molecule has 12 heteroatoms. The highest BCUT2D eigenvalue weighted by Crippen LogP contribution is 2.20. The van der Waals surface area contributed by atoms with Gasteiger partial charge in [-0.2, -0.15) is 44.6 Å². The second-order valence-corrected chi connectivity index (χ2v) is 9.82. The predicted molar refractivity (Wildman–Crippen MR) is 91.3 cm³/mol. The standard InChI is InChI=1S/C13H24N6O4S2/c1-13-12-18(24(20,21)16(2)8-4-6-14)10-11-19(13)25(22,23)17(3)9-5-7-15/h13H,4-5,8-12H2,1-3H3/t13-/m0/s1. The van der Waals surface area contributed by atoms with Gasteiger partial charge in [0.2, 0.25) is 0 Å². The van der Waals surface area contributed by atoms with Crippen LogP contribution in [0, 0.1) is 22.7 Å². The van der Waals surface area contributed by atoms with E-state index in [-0.39, 0.29) is 45.6 Å². The van der Waals surface area contributed by atoms with Crippen molar-refractivity contribution in [1.82, 2.24) is 17.2 Å². The largest absolute Gasteiger partial charge is 0.282 e. The molecule has 0 N–H and O–H groups in total. The van der Waals surface area contributed by atoms with Crippen LogP contribution in [-0.4, -0.2) is 86.9 Å². The van der Waals surface area contributed by atoms with Crippen molar-refractivity contribution in [2.75, 3.05) is 46.8 Å². The molecule has 1 aliphatic rings. The maximum Gasteiger partial charge on any atom is 0.282 e. The maximum absolute atomic E-state index is 12.6. The zero-order valence-electron chi connectivity index (χ0n) is 14.7. The minimum atomic E-state index is -3.75. The van der Waals surface area contributed by atoms with E-state index in [1.54, 1.807) is 6.92 Å². The second-order valence-electron chi connectivity index (χ2n) is 5.79. The van der Waals surface area contributed by atoms with Crippen molar-refractivity contribution in [1.29, 1.82) is 10.5 Å². The van der Waals surface area contributed by atoms with Gasteiger partial charge in [0, 0.05) is 65.7 Å². The fourth-order valence-electron chi connectivity index (χ4n) is 2.48. The molecule has 0 aromatic heterocycles. The number of rotatable bonds is 8. The lowest BCUT2D eigenvalue weighted by molar-refractivity contribution is 0.195. The first-order chi connectivity index (χ1) is 11.6. The van der Waals surface area contributed by atoms with Gasteiger partial charge in [-0.05, 0) is 6.92 Å². The van der Waals surface area contributed by atoms with Crippen molar-refractivity contribution in [3.8, 4) is 12.1 Å². The van der Waals surface area contributed by atoms with Crippen LogP contribution in [0.3, 0.4) is 0 Å². The lowest BCUT2D eigenvalue weighted by Crippen LogP contribution is -2.59. The van der Waals surface area contributed by atoms with E-state index in [1.807, 2.05) is 12.1 Å². The van der Waals surface area contributed by atoms with E-state index < -0.39 is 26.5 Å². The highest BCUT2D eigenvalue weighted by Gasteiger charge is 2.39. The van der Waals surface area contributed by atoms with Crippen LogP contribution < -0.4 is 0 Å². The Morgan fingerprint density at radius 3 is 1.88 bits per heavy atom. The monoisotopic (exact) mass is 392 g/mol. The molecule has 0 aliphatic carbocycles. The van der Waals surface area contributed by atoms with Crippen molar-refractivity contribution in [3.05, 3.63) is 0 Å². The number of hydrogen-bond donors (Lipinski definition) is 0. The summed E-state index contributed by atoms with van der Waals surface area (Å²) in [5.74, 6) is 0. The van der Waals surface area contributed by atoms with Crippen molar-refractivity contribution in [2.45, 2.75) is 25.8 Å². The summed E-state index contributed by atoms with van der Waals surface area (Å²) in [7, 11) is -4.68. The summed E-state index contributed by atoms with van der Waals surface area (Å²) in [5, 5.41) is 17.2. The lowest BCUT2D eigenvalue weighted by Gasteiger charge is -2.40. The highest BCUT2D eigenvalue weighted by molar-refractivity contribution is 7.87. The predicted octanol–water partition coefficient (Wildman–Crippen LogP) is -0.827. The Morgan fingerprint density at radius 1 is 0.960 bits per heavy atom. The van der Waals surface area contributed by atoms with Crippen molar-refractivity contribution in [3.63, 3.8) is 0 Å². The molecule has 0 aromatic carbocycles. The van der Waals surface area contributed by atoms with Gasteiger partial charge in [-0.25, -0.2) is 0 Å². The van der Waals surface area contributed by atoms with E-state index in [4.69, 9.17) is 10.5 Å². The molecule has 1 aliphatic heterocycles. The average Bonchev–Trinajstić information content (AvgIpc) is 2.56. The SMILES string of the molecule is C[C@H]1CN(S(=O)(=O)N(C)CCC#N)CCN1S(=O)(=O)N(C)CCC#N. The van der Waals surface area contributed by atoms with Gasteiger partial charge < -0.3 is 0 Å². The minimum absolute atomic E-state index is 0.0323. The van der Waals surface area contributed by atoms with Crippen LogP contribution in [0.2, 0.25) is 0 Å². The van der Waals surface area contributed by atoms with Gasteiger partial charge in [-0.3, -0.25) is 0 Å². The van der Waals surface area contributed by atoms with Gasteiger partial charge in [0.15, 0.2) is 0 Å². The van der Waals surface area contributed by atoms with Crippen LogP contribution in [0.4, 0.5) is 0 Å². The quantitative estimate of drug-likeness (QED) is 0.530. The Bertz CT molecular complexity index is 739. The zero-order chi connectivity index (χ0) is 19.3. The number of hydrogen-bond acceptors (Lipinski definition) is 6. The summed E-state index contributed by atoms with van der Waals surface area (Å²) in [6, 6.07) is 3.26. The van der Waals surface area contributed by atoms with Gasteiger partial charge in [0.05, 0.1) is 12.1 Å². The fourth-order valence-corrected chi connectivity index (χ4v) is 5.43. The van der Waals surface area contributed by atoms with Gasteiger partial charge in [0.1, 0.15) is 0 Å². The van der Waals surface area contributed by atoms with E-state index in [1.165, 1.54) is 22.7 Å². The van der Waals surface area contributed by atoms with Crippen LogP contribution in [0.1, 0.15) is 19.8 Å². The third-order valence-electron chi connectivity index (χ3n) is 4.02. The van der Waals surface area contributed by atoms with Crippen molar-refractivity contribution >= 4 is 20.4 Å². The Kier molecular flexibility index (Phi) is 7.74. The molecule has 0 amide bonds. The summed E-state index contributed by atoms with van der Waals surface area (Å²) in [5.41, 5.74) is 0. The second kappa shape index (κ2) is 8.89. The molecule has 1 saturated heterocycles. The summed E-state index contributed by atoms with van der Waals surface area (Å²) in [6.45, 7) is 1.92. The van der Waals surface area contributed by atoms with Gasteiger partial charge in [-0.1, -0.05) is 0 Å². The third kappa shape index (κ3) is 5.10. The summed E-state index contributed by atoms with van der Waals surface area (Å²) < 4.78 is 54.8. The molecule has 1 fully saturated rings. The van der Waals surface area contributed by atoms with Gasteiger partial charge in [0.25, 0.3) is 20.4 Å². The Morgan fingerprint density at radius 2 is 1.44 bits per heavy atom. The van der Waals surface area contributed by atoms with Crippen molar-refractivity contribution in [2.24, 2.45) is 0 Å². The molecule has 0 unspecified atom stereocenters. The molecule has 25 heavy (non-hydrogen) atoms. The fraction of sp³-hybridized carbons (Fsp3) is 0.846. The molecule has 0 aromatic rings. The number of nitrogens with zero attached hydrogens (tertiary/aromatic N) is 6. The Balaban J connectivity index is 2.83. The minimum Gasteiger partial charge on any atom is -0.198 e. The molecule has 1 rings (SSSR count). The highest BCUT2D eigenvalue weighted by atomic mass is 32.2. The number of piperazine rings is 1. The molecule has 0 radical (unpaired) electrons. The smallest absolute Gasteiger partial charge is 0.198 e. The summed E-state index contributed by atoms with van der Waals surface area (Å²) >= 11 is 0. The molecule has 142 valence electrons. The molecule has 0 spiro atoms. The van der Waals surface area contributed by atoms with Crippen LogP contribution in [0.25, 0.3) is 0 Å². The van der Waals surface area contributed by atoms with Crippen LogP contribution in [-0.2, 0) is 20.4 Å². The van der Waals surface area contributed by atoms with E-state index in [2.05, 4.69) is 0 Å². The molecular weight excluding hydrogens is 368 g/mol. The van der Waals surface area contributed by atoms with E-state index in [0.29, 0.717) is 0 Å². The third-order valence-corrected chi connectivity index (χ3v) is 8.08. The molecule has 1 atom stereocenters. The van der Waals surface area contributed by atoms with Crippen molar-refractivity contribution < 1.29 is 16.8 Å². The van der Waals surface area contributed by atoms with Crippen LogP contribution >= 0.6 is 0 Å². The molecule has 1 heterocycles. The lowest BCUT2D eigenvalue weighted by atomic mass is 10.3. The first kappa shape index (κ1) is 21.8. The van der Waals surface area contributed by atoms with E-state index in [0.717, 1.165) is 8.61 Å². The Labute approximate surface area is 150 Å². The molecule has 0 bridgehead atoms. The van der Waals surface area contributed by atoms with E-state index >= 15 is 0 Å². The first-order valence-corrected chi connectivity index (χ1v) is 10.6. The molecular formula is C13H24N6O4S2. The number of nitriles is 2. The maximum atomic E-state index is 12.6. The van der Waals surface area contributed by atoms with Gasteiger partial charge in [-0.15, -0.1) is 0 Å². The van der Waals surface area contributed by atoms with Gasteiger partial charge >= 0.3 is 0 Å². The molecule has 0 saturated carbocycles. The zero-order valence-corrected chi connectivity index (χ0v) is 16.3. The Hall–Kier alpha value is -1.28. The average molecular weight is 393 g/mol. The van der Waals surface area contributed by atoms with Crippen LogP contribution in [0.15, 0.2) is 0 Å². The molecule has 10 nitrogen and oxygen atoms in total. The van der Waals surface area contributed by atoms with Crippen LogP contribution in [0.5, 0.6) is 0 Å². The normalized spacial score (nSPS) is 20.5. The summed E-state index contributed by atoms with van der Waals surface area (Å²) in [6.07, 6.45) is 0.172.